The molecule has 2 N–H and O–H groups in total. The summed E-state index contributed by atoms with van der Waals surface area (Å²) in [7, 11) is 0. The lowest BCUT2D eigenvalue weighted by Gasteiger charge is -2.06. The normalized spacial score (nSPS) is 10.4. The number of aryl methyl sites for hydroxylation is 1. The minimum absolute atomic E-state index is 0.534. The van der Waals surface area contributed by atoms with Crippen molar-refractivity contribution >= 4 is 5.82 Å². The molecule has 1 aromatic carbocycles. The average Bonchev–Trinajstić information content (AvgIpc) is 2.59. The molecule has 0 amide bonds. The van der Waals surface area contributed by atoms with Crippen LogP contribution in [0.3, 0.4) is 0 Å². The first-order valence-electron chi connectivity index (χ1n) is 5.26. The zero-order valence-corrected chi connectivity index (χ0v) is 9.47. The topological polar surface area (TPSA) is 53.1 Å². The van der Waals surface area contributed by atoms with E-state index in [9.17, 15) is 0 Å². The van der Waals surface area contributed by atoms with Gasteiger partial charge in [0.1, 0.15) is 11.6 Å². The second kappa shape index (κ2) is 4.26. The number of benzene rings is 1. The number of hydrogen-bond acceptors (Lipinski definition) is 3. The Hall–Kier alpha value is -1.97. The van der Waals surface area contributed by atoms with E-state index in [2.05, 4.69) is 5.10 Å². The number of anilines is 1. The van der Waals surface area contributed by atoms with E-state index in [0.29, 0.717) is 12.4 Å². The summed E-state index contributed by atoms with van der Waals surface area (Å²) in [5, 5.41) is 4.21. The van der Waals surface area contributed by atoms with Crippen molar-refractivity contribution < 1.29 is 4.74 Å². The van der Waals surface area contributed by atoms with Crippen LogP contribution in [0.4, 0.5) is 5.82 Å². The second-order valence-electron chi connectivity index (χ2n) is 3.55. The molecule has 0 aliphatic heterocycles. The van der Waals surface area contributed by atoms with E-state index in [-0.39, 0.29) is 0 Å². The molecule has 0 bridgehead atoms. The molecule has 0 saturated carbocycles. The minimum atomic E-state index is 0.534. The van der Waals surface area contributed by atoms with Crippen LogP contribution in [-0.2, 0) is 0 Å². The van der Waals surface area contributed by atoms with E-state index in [1.54, 1.807) is 0 Å². The highest BCUT2D eigenvalue weighted by Gasteiger charge is 2.03. The van der Waals surface area contributed by atoms with Gasteiger partial charge in [0.25, 0.3) is 0 Å². The Bertz CT molecular complexity index is 474. The molecule has 4 heteroatoms. The van der Waals surface area contributed by atoms with E-state index in [1.807, 2.05) is 48.9 Å². The van der Waals surface area contributed by atoms with Crippen LogP contribution < -0.4 is 10.5 Å². The van der Waals surface area contributed by atoms with Gasteiger partial charge in [-0.2, -0.15) is 5.10 Å². The summed E-state index contributed by atoms with van der Waals surface area (Å²) in [6, 6.07) is 9.62. The maximum atomic E-state index is 5.64. The molecular weight excluding hydrogens is 202 g/mol. The molecule has 0 radical (unpaired) electrons. The van der Waals surface area contributed by atoms with Crippen LogP contribution >= 0.6 is 0 Å². The van der Waals surface area contributed by atoms with Gasteiger partial charge in [0.2, 0.25) is 0 Å². The number of nitrogens with zero attached hydrogens (tertiary/aromatic N) is 2. The van der Waals surface area contributed by atoms with Gasteiger partial charge in [0.05, 0.1) is 12.3 Å². The van der Waals surface area contributed by atoms with Crippen LogP contribution in [0.5, 0.6) is 5.75 Å². The fraction of sp³-hybridized carbons (Fsp3) is 0.250. The summed E-state index contributed by atoms with van der Waals surface area (Å²) >= 11 is 0. The molecule has 0 saturated heterocycles. The smallest absolute Gasteiger partial charge is 0.146 e. The van der Waals surface area contributed by atoms with Crippen molar-refractivity contribution in [3.63, 3.8) is 0 Å². The van der Waals surface area contributed by atoms with E-state index in [0.717, 1.165) is 17.1 Å². The molecule has 0 spiro atoms. The molecular formula is C12H15N3O. The molecule has 2 rings (SSSR count). The lowest BCUT2D eigenvalue weighted by atomic mass is 10.3. The summed E-state index contributed by atoms with van der Waals surface area (Å²) in [5.41, 5.74) is 7.64. The first-order valence-corrected chi connectivity index (χ1v) is 5.26. The molecule has 1 heterocycles. The van der Waals surface area contributed by atoms with Crippen molar-refractivity contribution in [2.45, 2.75) is 13.8 Å². The predicted molar refractivity (Wildman–Crippen MR) is 63.9 cm³/mol. The summed E-state index contributed by atoms with van der Waals surface area (Å²) < 4.78 is 7.19. The van der Waals surface area contributed by atoms with Gasteiger partial charge in [-0.3, -0.25) is 0 Å². The first kappa shape index (κ1) is 10.5. The molecule has 0 aliphatic carbocycles. The lowest BCUT2D eigenvalue weighted by molar-refractivity contribution is 0.340. The van der Waals surface area contributed by atoms with Crippen LogP contribution in [0, 0.1) is 6.92 Å². The monoisotopic (exact) mass is 217 g/mol. The number of aromatic nitrogens is 2. The highest BCUT2D eigenvalue weighted by Crippen LogP contribution is 2.17. The van der Waals surface area contributed by atoms with Crippen molar-refractivity contribution in [1.82, 2.24) is 9.78 Å². The van der Waals surface area contributed by atoms with Gasteiger partial charge < -0.3 is 10.5 Å². The lowest BCUT2D eigenvalue weighted by Crippen LogP contribution is -1.99. The summed E-state index contributed by atoms with van der Waals surface area (Å²) in [5.74, 6) is 1.40. The fourth-order valence-corrected chi connectivity index (χ4v) is 1.61. The van der Waals surface area contributed by atoms with Crippen molar-refractivity contribution in [2.24, 2.45) is 0 Å². The predicted octanol–water partition coefficient (Wildman–Crippen LogP) is 2.16. The standard InChI is InChI=1S/C12H15N3O/c1-3-16-11-6-4-10(5-7-11)15-9(2)8-12(13)14-15/h4-8H,3H2,1-2H3,(H2,13,14). The Labute approximate surface area is 94.6 Å². The van der Waals surface area contributed by atoms with Gasteiger partial charge in [-0.15, -0.1) is 0 Å². The van der Waals surface area contributed by atoms with Crippen molar-refractivity contribution in [1.29, 1.82) is 0 Å². The van der Waals surface area contributed by atoms with E-state index >= 15 is 0 Å². The van der Waals surface area contributed by atoms with E-state index in [4.69, 9.17) is 10.5 Å². The van der Waals surface area contributed by atoms with Crippen LogP contribution in [0.2, 0.25) is 0 Å². The number of ether oxygens (including phenoxy) is 1. The van der Waals surface area contributed by atoms with Gasteiger partial charge >= 0.3 is 0 Å². The van der Waals surface area contributed by atoms with Crippen LogP contribution in [0.15, 0.2) is 30.3 Å². The zero-order valence-electron chi connectivity index (χ0n) is 9.47. The number of nitrogens with two attached hydrogens (primary N) is 1. The van der Waals surface area contributed by atoms with Gasteiger partial charge in [-0.1, -0.05) is 0 Å². The SMILES string of the molecule is CCOc1ccc(-n2nc(N)cc2C)cc1. The molecule has 0 fully saturated rings. The Morgan fingerprint density at radius 3 is 2.50 bits per heavy atom. The highest BCUT2D eigenvalue weighted by atomic mass is 16.5. The molecule has 0 unspecified atom stereocenters. The first-order chi connectivity index (χ1) is 7.70. The Morgan fingerprint density at radius 1 is 1.31 bits per heavy atom. The molecule has 0 aliphatic rings. The Morgan fingerprint density at radius 2 is 2.00 bits per heavy atom. The highest BCUT2D eigenvalue weighted by molar-refractivity contribution is 5.41. The van der Waals surface area contributed by atoms with Crippen molar-refractivity contribution in [3.05, 3.63) is 36.0 Å². The average molecular weight is 217 g/mol. The third kappa shape index (κ3) is 2.00. The molecule has 4 nitrogen and oxygen atoms in total. The Balaban J connectivity index is 2.31. The second-order valence-corrected chi connectivity index (χ2v) is 3.55. The van der Waals surface area contributed by atoms with Gasteiger partial charge in [-0.05, 0) is 38.1 Å². The number of rotatable bonds is 3. The molecule has 1 aromatic heterocycles. The van der Waals surface area contributed by atoms with Gasteiger partial charge in [0, 0.05) is 11.8 Å². The summed E-state index contributed by atoms with van der Waals surface area (Å²) in [6.45, 7) is 4.61. The molecule has 16 heavy (non-hydrogen) atoms. The maximum Gasteiger partial charge on any atom is 0.146 e. The third-order valence-electron chi connectivity index (χ3n) is 2.30. The largest absolute Gasteiger partial charge is 0.494 e. The van der Waals surface area contributed by atoms with Gasteiger partial charge in [-0.25, -0.2) is 4.68 Å². The molecule has 0 atom stereocenters. The van der Waals surface area contributed by atoms with Crippen molar-refractivity contribution in [3.8, 4) is 11.4 Å². The molecule has 2 aromatic rings. The van der Waals surface area contributed by atoms with E-state index < -0.39 is 0 Å². The summed E-state index contributed by atoms with van der Waals surface area (Å²) in [6.07, 6.45) is 0. The maximum absolute atomic E-state index is 5.64. The fourth-order valence-electron chi connectivity index (χ4n) is 1.61. The zero-order chi connectivity index (χ0) is 11.5. The van der Waals surface area contributed by atoms with Crippen LogP contribution in [-0.4, -0.2) is 16.4 Å². The van der Waals surface area contributed by atoms with E-state index in [1.165, 1.54) is 0 Å². The quantitative estimate of drug-likeness (QED) is 0.857. The minimum Gasteiger partial charge on any atom is -0.494 e. The summed E-state index contributed by atoms with van der Waals surface area (Å²) in [4.78, 5) is 0. The number of nitrogen functional groups attached to an aromatic ring is 1. The van der Waals surface area contributed by atoms with Crippen molar-refractivity contribution in [2.75, 3.05) is 12.3 Å². The third-order valence-corrected chi connectivity index (χ3v) is 2.30. The molecule has 84 valence electrons. The number of hydrogen-bond donors (Lipinski definition) is 1. The van der Waals surface area contributed by atoms with Crippen LogP contribution in [0.1, 0.15) is 12.6 Å². The Kier molecular flexibility index (Phi) is 2.81. The van der Waals surface area contributed by atoms with Crippen LogP contribution in [0.25, 0.3) is 5.69 Å². The van der Waals surface area contributed by atoms with Gasteiger partial charge in [0.15, 0.2) is 0 Å².